The second-order valence-electron chi connectivity index (χ2n) is 20.6. The Bertz CT molecular complexity index is 1230. The van der Waals surface area contributed by atoms with Crippen LogP contribution in [0.4, 0.5) is 0 Å². The maximum atomic E-state index is 12.9. The largest absolute Gasteiger partial charge is 0.756 e. The van der Waals surface area contributed by atoms with Crippen molar-refractivity contribution in [2.24, 2.45) is 0 Å². The summed E-state index contributed by atoms with van der Waals surface area (Å²) in [4.78, 5) is 25.4. The minimum atomic E-state index is -4.60. The van der Waals surface area contributed by atoms with E-state index >= 15 is 0 Å². The molecule has 8 nitrogen and oxygen atoms in total. The molecular weight excluding hydrogens is 852 g/mol. The maximum Gasteiger partial charge on any atom is 0.268 e. The molecule has 394 valence electrons. The summed E-state index contributed by atoms with van der Waals surface area (Å²) in [5.41, 5.74) is 0. The van der Waals surface area contributed by atoms with E-state index in [0.717, 1.165) is 51.4 Å². The van der Waals surface area contributed by atoms with Crippen LogP contribution >= 0.6 is 7.82 Å². The molecule has 1 amide bonds. The van der Waals surface area contributed by atoms with Gasteiger partial charge in [0, 0.05) is 6.42 Å². The van der Waals surface area contributed by atoms with Crippen molar-refractivity contribution in [3.8, 4) is 0 Å². The number of quaternary nitrogens is 1. The van der Waals surface area contributed by atoms with Crippen LogP contribution in [0, 0.1) is 0 Å². The molecule has 9 heteroatoms. The fraction of sp³-hybridized carbons (Fsp3) is 0.845. The first-order valence-corrected chi connectivity index (χ1v) is 30.0. The molecule has 0 bridgehead atoms. The predicted octanol–water partition coefficient (Wildman–Crippen LogP) is 16.5. The summed E-state index contributed by atoms with van der Waals surface area (Å²) in [5, 5.41) is 13.8. The third-order valence-corrected chi connectivity index (χ3v) is 13.7. The van der Waals surface area contributed by atoms with Crippen molar-refractivity contribution in [2.75, 3.05) is 40.9 Å². The number of hydrogen-bond donors (Lipinski definition) is 2. The van der Waals surface area contributed by atoms with Crippen LogP contribution in [-0.4, -0.2) is 68.5 Å². The van der Waals surface area contributed by atoms with Crippen LogP contribution in [-0.2, 0) is 18.4 Å². The lowest BCUT2D eigenvalue weighted by molar-refractivity contribution is -0.870. The van der Waals surface area contributed by atoms with Crippen molar-refractivity contribution in [3.05, 3.63) is 48.6 Å². The van der Waals surface area contributed by atoms with Crippen LogP contribution in [0.3, 0.4) is 0 Å². The van der Waals surface area contributed by atoms with Crippen molar-refractivity contribution in [2.45, 2.75) is 276 Å². The Kier molecular flexibility index (Phi) is 48.3. The van der Waals surface area contributed by atoms with E-state index in [1.54, 1.807) is 6.08 Å². The van der Waals surface area contributed by atoms with Gasteiger partial charge in [-0.15, -0.1) is 0 Å². The Balaban J connectivity index is 3.99. The number of nitrogens with one attached hydrogen (secondary N) is 1. The van der Waals surface area contributed by atoms with Gasteiger partial charge in [-0.25, -0.2) is 0 Å². The van der Waals surface area contributed by atoms with Gasteiger partial charge in [0.25, 0.3) is 7.82 Å². The Morgan fingerprint density at radius 1 is 0.507 bits per heavy atom. The number of carbonyl (C=O) groups is 1. The van der Waals surface area contributed by atoms with E-state index in [2.05, 4.69) is 55.6 Å². The minimum Gasteiger partial charge on any atom is -0.756 e. The lowest BCUT2D eigenvalue weighted by Gasteiger charge is -2.29. The number of hydrogen-bond acceptors (Lipinski definition) is 6. The monoisotopic (exact) mass is 963 g/mol. The first-order valence-electron chi connectivity index (χ1n) is 28.5. The molecule has 2 N–H and O–H groups in total. The molecule has 0 rings (SSSR count). The van der Waals surface area contributed by atoms with Gasteiger partial charge < -0.3 is 28.8 Å². The van der Waals surface area contributed by atoms with E-state index in [1.807, 2.05) is 27.2 Å². The van der Waals surface area contributed by atoms with Gasteiger partial charge in [-0.2, -0.15) is 0 Å². The molecule has 3 unspecified atom stereocenters. The third-order valence-electron chi connectivity index (χ3n) is 12.7. The quantitative estimate of drug-likeness (QED) is 0.0272. The molecule has 0 aliphatic rings. The highest BCUT2D eigenvalue weighted by atomic mass is 31.2. The highest BCUT2D eigenvalue weighted by molar-refractivity contribution is 7.45. The van der Waals surface area contributed by atoms with Gasteiger partial charge in [0.1, 0.15) is 13.2 Å². The zero-order chi connectivity index (χ0) is 49.2. The maximum absolute atomic E-state index is 12.9. The topological polar surface area (TPSA) is 108 Å². The number of phosphoric acid groups is 1. The summed E-state index contributed by atoms with van der Waals surface area (Å²) in [6.45, 7) is 4.58. The highest BCUT2D eigenvalue weighted by Gasteiger charge is 2.23. The fourth-order valence-corrected chi connectivity index (χ4v) is 8.95. The second kappa shape index (κ2) is 49.4. The molecule has 67 heavy (non-hydrogen) atoms. The van der Waals surface area contributed by atoms with Gasteiger partial charge in [0.05, 0.1) is 39.9 Å². The number of likely N-dealkylation sites (N-methyl/N-ethyl adjacent to an activating group) is 1. The number of amides is 1. The van der Waals surface area contributed by atoms with Gasteiger partial charge in [0.2, 0.25) is 5.91 Å². The van der Waals surface area contributed by atoms with Crippen molar-refractivity contribution in [1.29, 1.82) is 0 Å². The molecule has 0 spiro atoms. The number of carbonyl (C=O) groups excluding carboxylic acids is 1. The van der Waals surface area contributed by atoms with Gasteiger partial charge in [-0.1, -0.05) is 242 Å². The van der Waals surface area contributed by atoms with Gasteiger partial charge >= 0.3 is 0 Å². The number of rotatable bonds is 52. The number of aliphatic hydroxyl groups is 1. The average molecular weight is 964 g/mol. The molecule has 0 heterocycles. The zero-order valence-corrected chi connectivity index (χ0v) is 45.7. The van der Waals surface area contributed by atoms with E-state index in [-0.39, 0.29) is 12.5 Å². The van der Waals surface area contributed by atoms with Crippen LogP contribution in [0.1, 0.15) is 264 Å². The predicted molar refractivity (Wildman–Crippen MR) is 288 cm³/mol. The molecule has 0 aliphatic heterocycles. The SMILES string of the molecule is CCCC/C=C/CC/C=C/CC/C=C/C(O)C(COP(=O)([O-])OCC[N+](C)(C)C)NC(=O)CCCCCCCCCCCCCCCCCCCCCCC/C=C\CCCCCCCCCC. The molecule has 0 radical (unpaired) electrons. The molecular formula is C58H111N2O6P. The lowest BCUT2D eigenvalue weighted by Crippen LogP contribution is -2.45. The Morgan fingerprint density at radius 2 is 0.851 bits per heavy atom. The van der Waals surface area contributed by atoms with Crippen molar-refractivity contribution < 1.29 is 32.9 Å². The van der Waals surface area contributed by atoms with Crippen LogP contribution in [0.15, 0.2) is 48.6 Å². The third kappa shape index (κ3) is 52.1. The molecule has 0 saturated heterocycles. The van der Waals surface area contributed by atoms with E-state index in [4.69, 9.17) is 9.05 Å². The van der Waals surface area contributed by atoms with Crippen LogP contribution in [0.25, 0.3) is 0 Å². The Labute approximate surface area is 416 Å². The van der Waals surface area contributed by atoms with Gasteiger partial charge in [-0.3, -0.25) is 9.36 Å². The number of unbranched alkanes of at least 4 members (excludes halogenated alkanes) is 33. The van der Waals surface area contributed by atoms with Crippen LogP contribution in [0.2, 0.25) is 0 Å². The van der Waals surface area contributed by atoms with E-state index in [0.29, 0.717) is 17.4 Å². The average Bonchev–Trinajstić information content (AvgIpc) is 3.29. The molecule has 3 atom stereocenters. The fourth-order valence-electron chi connectivity index (χ4n) is 8.23. The minimum absolute atomic E-state index is 0.00874. The van der Waals surface area contributed by atoms with E-state index in [1.165, 1.54) is 193 Å². The Hall–Kier alpha value is -1.54. The molecule has 0 saturated carbocycles. The number of phosphoric ester groups is 1. The first kappa shape index (κ1) is 65.5. The number of nitrogens with zero attached hydrogens (tertiary/aromatic N) is 1. The van der Waals surface area contributed by atoms with Gasteiger partial charge in [-0.05, 0) is 64.2 Å². The summed E-state index contributed by atoms with van der Waals surface area (Å²) in [5.74, 6) is -0.210. The van der Waals surface area contributed by atoms with Crippen LogP contribution in [0.5, 0.6) is 0 Å². The molecule has 0 aromatic rings. The molecule has 0 aromatic heterocycles. The summed E-state index contributed by atoms with van der Waals surface area (Å²) >= 11 is 0. The zero-order valence-electron chi connectivity index (χ0n) is 44.9. The summed E-state index contributed by atoms with van der Waals surface area (Å²) in [7, 11) is 1.24. The smallest absolute Gasteiger partial charge is 0.268 e. The normalized spacial score (nSPS) is 14.3. The molecule has 0 aliphatic carbocycles. The first-order chi connectivity index (χ1) is 32.5. The van der Waals surface area contributed by atoms with Crippen molar-refractivity contribution >= 4 is 13.7 Å². The molecule has 0 aromatic carbocycles. The summed E-state index contributed by atoms with van der Waals surface area (Å²) in [6, 6.07) is -0.908. The lowest BCUT2D eigenvalue weighted by atomic mass is 10.0. The van der Waals surface area contributed by atoms with Crippen molar-refractivity contribution in [3.63, 3.8) is 0 Å². The standard InChI is InChI=1S/C58H111N2O6P/c1-6-8-10-12-14-16-18-20-21-22-23-24-25-26-27-28-29-30-31-32-33-34-35-36-37-38-39-40-42-44-46-48-50-52-58(62)59-56(55-66-67(63,64)65-54-53-60(3,4)5)57(61)51-49-47-45-43-41-19-17-15-13-11-9-7-2/h13,15,22-23,41,43,49,51,56-57,61H,6-12,14,16-21,24-40,42,44-48,50,52-55H2,1-5H3,(H-,59,62,63,64)/b15-13+,23-22-,43-41+,51-49+. The number of aliphatic hydroxyl groups excluding tert-OH is 1. The second-order valence-corrected chi connectivity index (χ2v) is 22.0. The van der Waals surface area contributed by atoms with Crippen LogP contribution < -0.4 is 10.2 Å². The van der Waals surface area contributed by atoms with Gasteiger partial charge in [0.15, 0.2) is 0 Å². The summed E-state index contributed by atoms with van der Waals surface area (Å²) < 4.78 is 23.2. The van der Waals surface area contributed by atoms with Crippen molar-refractivity contribution in [1.82, 2.24) is 5.32 Å². The highest BCUT2D eigenvalue weighted by Crippen LogP contribution is 2.38. The van der Waals surface area contributed by atoms with E-state index in [9.17, 15) is 19.4 Å². The molecule has 0 fully saturated rings. The number of allylic oxidation sites excluding steroid dienone is 7. The van der Waals surface area contributed by atoms with E-state index < -0.39 is 26.6 Å². The summed E-state index contributed by atoms with van der Waals surface area (Å²) in [6.07, 6.45) is 65.0. The Morgan fingerprint density at radius 3 is 1.25 bits per heavy atom.